The number of benzene rings is 1. The first-order valence-electron chi connectivity index (χ1n) is 5.90. The Morgan fingerprint density at radius 2 is 2.06 bits per heavy atom. The zero-order chi connectivity index (χ0) is 13.1. The van der Waals surface area contributed by atoms with Crippen molar-refractivity contribution in [3.63, 3.8) is 0 Å². The molecule has 1 aromatic carbocycles. The van der Waals surface area contributed by atoms with Gasteiger partial charge < -0.3 is 15.5 Å². The average molecular weight is 249 g/mol. The van der Waals surface area contributed by atoms with Crippen molar-refractivity contribution in [2.24, 2.45) is 5.92 Å². The number of carboxylic acids is 1. The van der Waals surface area contributed by atoms with E-state index >= 15 is 0 Å². The monoisotopic (exact) mass is 249 g/mol. The fourth-order valence-corrected chi connectivity index (χ4v) is 2.33. The van der Waals surface area contributed by atoms with E-state index in [1.807, 2.05) is 0 Å². The summed E-state index contributed by atoms with van der Waals surface area (Å²) >= 11 is 0. The first-order valence-corrected chi connectivity index (χ1v) is 5.90. The minimum absolute atomic E-state index is 0.0175. The molecule has 2 unspecified atom stereocenters. The van der Waals surface area contributed by atoms with Gasteiger partial charge in [0.25, 0.3) is 5.91 Å². The Labute approximate surface area is 104 Å². The number of hydrogen-bond acceptors (Lipinski definition) is 3. The van der Waals surface area contributed by atoms with Gasteiger partial charge in [-0.05, 0) is 31.0 Å². The molecule has 1 amide bonds. The fraction of sp³-hybridized carbons (Fsp3) is 0.385. The fourth-order valence-electron chi connectivity index (χ4n) is 2.33. The van der Waals surface area contributed by atoms with Crippen molar-refractivity contribution in [3.05, 3.63) is 29.8 Å². The quantitative estimate of drug-likeness (QED) is 0.755. The van der Waals surface area contributed by atoms with Crippen molar-refractivity contribution >= 4 is 11.9 Å². The number of phenols is 1. The average Bonchev–Trinajstić information content (AvgIpc) is 2.77. The van der Waals surface area contributed by atoms with Gasteiger partial charge in [0.15, 0.2) is 0 Å². The predicted octanol–water partition coefficient (Wildman–Crippen LogP) is 1.38. The van der Waals surface area contributed by atoms with Crippen molar-refractivity contribution in [2.45, 2.75) is 25.3 Å². The number of hydrogen-bond donors (Lipinski definition) is 3. The summed E-state index contributed by atoms with van der Waals surface area (Å²) in [7, 11) is 0. The number of aromatic hydroxyl groups is 1. The molecule has 2 atom stereocenters. The van der Waals surface area contributed by atoms with Gasteiger partial charge in [0.2, 0.25) is 0 Å². The van der Waals surface area contributed by atoms with Crippen molar-refractivity contribution in [2.75, 3.05) is 0 Å². The maximum atomic E-state index is 11.9. The highest BCUT2D eigenvalue weighted by molar-refractivity contribution is 5.95. The summed E-state index contributed by atoms with van der Waals surface area (Å²) in [6, 6.07) is 5.68. The van der Waals surface area contributed by atoms with Crippen LogP contribution in [0.2, 0.25) is 0 Å². The minimum atomic E-state index is -0.867. The summed E-state index contributed by atoms with van der Waals surface area (Å²) in [5, 5.41) is 21.0. The van der Waals surface area contributed by atoms with Crippen LogP contribution in [-0.4, -0.2) is 28.1 Å². The van der Waals surface area contributed by atoms with Gasteiger partial charge in [-0.3, -0.25) is 9.59 Å². The number of nitrogens with one attached hydrogen (secondary N) is 1. The highest BCUT2D eigenvalue weighted by Gasteiger charge is 2.33. The number of carboxylic acid groups (broad SMARTS) is 1. The summed E-state index contributed by atoms with van der Waals surface area (Å²) in [5.74, 6) is -1.70. The van der Waals surface area contributed by atoms with Crippen molar-refractivity contribution < 1.29 is 19.8 Å². The Hall–Kier alpha value is -2.04. The van der Waals surface area contributed by atoms with Crippen LogP contribution in [0.5, 0.6) is 5.75 Å². The molecule has 1 saturated carbocycles. The molecule has 0 heterocycles. The zero-order valence-electron chi connectivity index (χ0n) is 9.80. The third-order valence-electron chi connectivity index (χ3n) is 3.26. The predicted molar refractivity (Wildman–Crippen MR) is 64.3 cm³/mol. The molecule has 0 radical (unpaired) electrons. The molecule has 2 rings (SSSR count). The normalized spacial score (nSPS) is 22.7. The highest BCUT2D eigenvalue weighted by Crippen LogP contribution is 2.26. The van der Waals surface area contributed by atoms with Crippen LogP contribution in [0, 0.1) is 5.92 Å². The lowest BCUT2D eigenvalue weighted by atomic mass is 10.0. The first kappa shape index (κ1) is 12.4. The molecule has 1 aliphatic carbocycles. The van der Waals surface area contributed by atoms with Gasteiger partial charge in [0.05, 0.1) is 5.92 Å². The lowest BCUT2D eigenvalue weighted by Crippen LogP contribution is -2.40. The summed E-state index contributed by atoms with van der Waals surface area (Å²) in [6.07, 6.45) is 2.09. The lowest BCUT2D eigenvalue weighted by Gasteiger charge is -2.17. The summed E-state index contributed by atoms with van der Waals surface area (Å²) < 4.78 is 0. The summed E-state index contributed by atoms with van der Waals surface area (Å²) in [6.45, 7) is 0. The van der Waals surface area contributed by atoms with E-state index in [-0.39, 0.29) is 17.7 Å². The maximum Gasteiger partial charge on any atom is 0.308 e. The van der Waals surface area contributed by atoms with Gasteiger partial charge in [-0.25, -0.2) is 0 Å². The van der Waals surface area contributed by atoms with E-state index in [1.165, 1.54) is 12.1 Å². The molecular formula is C13H15NO4. The van der Waals surface area contributed by atoms with Gasteiger partial charge in [-0.15, -0.1) is 0 Å². The standard InChI is InChI=1S/C13H15NO4/c15-9-4-1-3-8(7-9)12(16)14-11-6-2-5-10(11)13(17)18/h1,3-4,7,10-11,15H,2,5-6H2,(H,14,16)(H,17,18). The van der Waals surface area contributed by atoms with Crippen molar-refractivity contribution in [3.8, 4) is 5.75 Å². The molecule has 5 nitrogen and oxygen atoms in total. The zero-order valence-corrected chi connectivity index (χ0v) is 9.80. The first-order chi connectivity index (χ1) is 8.58. The molecule has 0 aliphatic heterocycles. The van der Waals surface area contributed by atoms with Gasteiger partial charge in [-0.1, -0.05) is 12.5 Å². The number of phenolic OH excluding ortho intramolecular Hbond substituents is 1. The summed E-state index contributed by atoms with van der Waals surface area (Å²) in [5.41, 5.74) is 0.339. The third kappa shape index (κ3) is 2.61. The maximum absolute atomic E-state index is 11.9. The third-order valence-corrected chi connectivity index (χ3v) is 3.26. The van der Waals surface area contributed by atoms with Crippen LogP contribution in [0.25, 0.3) is 0 Å². The van der Waals surface area contributed by atoms with Gasteiger partial charge >= 0.3 is 5.97 Å². The van der Waals surface area contributed by atoms with E-state index in [9.17, 15) is 14.7 Å². The van der Waals surface area contributed by atoms with E-state index in [0.29, 0.717) is 18.4 Å². The molecular weight excluding hydrogens is 234 g/mol. The Kier molecular flexibility index (Phi) is 3.50. The number of aliphatic carboxylic acids is 1. The SMILES string of the molecule is O=C(NC1CCCC1C(=O)O)c1cccc(O)c1. The Balaban J connectivity index is 2.05. The molecule has 5 heteroatoms. The second-order valence-electron chi connectivity index (χ2n) is 4.51. The second-order valence-corrected chi connectivity index (χ2v) is 4.51. The molecule has 0 spiro atoms. The lowest BCUT2D eigenvalue weighted by molar-refractivity contribution is -0.142. The number of rotatable bonds is 3. The molecule has 1 fully saturated rings. The number of carbonyl (C=O) groups excluding carboxylic acids is 1. The molecule has 1 aliphatic rings. The second kappa shape index (κ2) is 5.08. The van der Waals surface area contributed by atoms with Crippen molar-refractivity contribution in [1.29, 1.82) is 0 Å². The van der Waals surface area contributed by atoms with Crippen LogP contribution in [-0.2, 0) is 4.79 Å². The topological polar surface area (TPSA) is 86.6 Å². The highest BCUT2D eigenvalue weighted by atomic mass is 16.4. The molecule has 0 bridgehead atoms. The Morgan fingerprint density at radius 3 is 2.72 bits per heavy atom. The smallest absolute Gasteiger partial charge is 0.308 e. The largest absolute Gasteiger partial charge is 0.508 e. The van der Waals surface area contributed by atoms with E-state index in [1.54, 1.807) is 12.1 Å². The van der Waals surface area contributed by atoms with E-state index in [4.69, 9.17) is 5.11 Å². The van der Waals surface area contributed by atoms with E-state index < -0.39 is 11.9 Å². The Bertz CT molecular complexity index is 472. The van der Waals surface area contributed by atoms with Crippen LogP contribution >= 0.6 is 0 Å². The van der Waals surface area contributed by atoms with Crippen molar-refractivity contribution in [1.82, 2.24) is 5.32 Å². The molecule has 1 aromatic rings. The van der Waals surface area contributed by atoms with Crippen LogP contribution in [0.1, 0.15) is 29.6 Å². The number of amides is 1. The van der Waals surface area contributed by atoms with Gasteiger partial charge in [0.1, 0.15) is 5.75 Å². The molecule has 0 saturated heterocycles. The van der Waals surface area contributed by atoms with Gasteiger partial charge in [-0.2, -0.15) is 0 Å². The van der Waals surface area contributed by atoms with Crippen LogP contribution in [0.15, 0.2) is 24.3 Å². The van der Waals surface area contributed by atoms with E-state index in [2.05, 4.69) is 5.32 Å². The van der Waals surface area contributed by atoms with Gasteiger partial charge in [0, 0.05) is 11.6 Å². The number of carbonyl (C=O) groups is 2. The molecule has 18 heavy (non-hydrogen) atoms. The Morgan fingerprint density at radius 1 is 1.28 bits per heavy atom. The molecule has 96 valence electrons. The summed E-state index contributed by atoms with van der Waals surface area (Å²) in [4.78, 5) is 22.9. The van der Waals surface area contributed by atoms with Crippen LogP contribution < -0.4 is 5.32 Å². The van der Waals surface area contributed by atoms with E-state index in [0.717, 1.165) is 6.42 Å². The minimum Gasteiger partial charge on any atom is -0.508 e. The van der Waals surface area contributed by atoms with Crippen LogP contribution in [0.3, 0.4) is 0 Å². The molecule has 0 aromatic heterocycles. The van der Waals surface area contributed by atoms with Crippen LogP contribution in [0.4, 0.5) is 0 Å². The molecule has 3 N–H and O–H groups in total.